The van der Waals surface area contributed by atoms with Crippen molar-refractivity contribution in [2.45, 2.75) is 32.8 Å². The minimum atomic E-state index is -0.622. The molecule has 1 saturated heterocycles. The minimum absolute atomic E-state index is 0.112. The fraction of sp³-hybridized carbons (Fsp3) is 0.409. The molecule has 8 nitrogen and oxygen atoms in total. The first kappa shape index (κ1) is 21.6. The zero-order valence-electron chi connectivity index (χ0n) is 17.3. The molecule has 1 N–H and O–H groups in total. The zero-order valence-corrected chi connectivity index (χ0v) is 17.3. The summed E-state index contributed by atoms with van der Waals surface area (Å²) in [5.74, 6) is -0.955. The molecule has 30 heavy (non-hydrogen) atoms. The SMILES string of the molecule is COC(=O)c1c(C)[nH]c(C(=O)COC(=O)c2ccc(OC[C@H]3CCCO3)cc2)c1C. The van der Waals surface area contributed by atoms with Crippen LogP contribution < -0.4 is 4.74 Å². The molecular formula is C22H25NO7. The topological polar surface area (TPSA) is 104 Å². The molecule has 2 heterocycles. The maximum absolute atomic E-state index is 12.5. The van der Waals surface area contributed by atoms with Crippen LogP contribution >= 0.6 is 0 Å². The molecule has 1 aromatic heterocycles. The van der Waals surface area contributed by atoms with Crippen molar-refractivity contribution >= 4 is 17.7 Å². The van der Waals surface area contributed by atoms with E-state index >= 15 is 0 Å². The molecule has 1 fully saturated rings. The Kier molecular flexibility index (Phi) is 6.89. The Labute approximate surface area is 174 Å². The Morgan fingerprint density at radius 1 is 1.13 bits per heavy atom. The standard InChI is InChI=1S/C22H25NO7/c1-13-19(22(26)27-3)14(2)23-20(13)18(24)12-30-21(25)15-6-8-16(9-7-15)29-11-17-5-4-10-28-17/h6-9,17,23H,4-5,10-12H2,1-3H3/t17-/m1/s1. The molecule has 1 atom stereocenters. The second-order valence-electron chi connectivity index (χ2n) is 7.09. The van der Waals surface area contributed by atoms with Gasteiger partial charge in [-0.1, -0.05) is 0 Å². The van der Waals surface area contributed by atoms with Gasteiger partial charge in [-0.25, -0.2) is 9.59 Å². The summed E-state index contributed by atoms with van der Waals surface area (Å²) in [6.45, 7) is 4.10. The highest BCUT2D eigenvalue weighted by Gasteiger charge is 2.23. The summed E-state index contributed by atoms with van der Waals surface area (Å²) in [4.78, 5) is 39.4. The molecule has 0 radical (unpaired) electrons. The lowest BCUT2D eigenvalue weighted by Gasteiger charge is -2.11. The van der Waals surface area contributed by atoms with E-state index in [-0.39, 0.29) is 11.8 Å². The predicted octanol–water partition coefficient (Wildman–Crippen LogP) is 3.02. The van der Waals surface area contributed by atoms with Gasteiger partial charge < -0.3 is 23.9 Å². The van der Waals surface area contributed by atoms with Crippen LogP contribution in [0.4, 0.5) is 0 Å². The number of aromatic amines is 1. The van der Waals surface area contributed by atoms with E-state index < -0.39 is 24.3 Å². The highest BCUT2D eigenvalue weighted by atomic mass is 16.5. The first-order valence-corrected chi connectivity index (χ1v) is 9.73. The third-order valence-electron chi connectivity index (χ3n) is 4.99. The van der Waals surface area contributed by atoms with Gasteiger partial charge in [-0.05, 0) is 56.5 Å². The molecule has 2 aromatic rings. The van der Waals surface area contributed by atoms with Gasteiger partial charge in [0.05, 0.1) is 30.0 Å². The zero-order chi connectivity index (χ0) is 21.7. The summed E-state index contributed by atoms with van der Waals surface area (Å²) in [7, 11) is 1.27. The maximum atomic E-state index is 12.5. The average Bonchev–Trinajstić information content (AvgIpc) is 3.37. The number of aromatic nitrogens is 1. The molecular weight excluding hydrogens is 390 g/mol. The number of esters is 2. The molecule has 0 spiro atoms. The van der Waals surface area contributed by atoms with E-state index in [0.29, 0.717) is 34.7 Å². The van der Waals surface area contributed by atoms with E-state index in [2.05, 4.69) is 4.98 Å². The molecule has 0 amide bonds. The largest absolute Gasteiger partial charge is 0.491 e. The molecule has 0 bridgehead atoms. The number of ketones is 1. The molecule has 160 valence electrons. The monoisotopic (exact) mass is 415 g/mol. The quantitative estimate of drug-likeness (QED) is 0.522. The van der Waals surface area contributed by atoms with Crippen molar-refractivity contribution in [2.24, 2.45) is 0 Å². The number of nitrogens with one attached hydrogen (secondary N) is 1. The lowest BCUT2D eigenvalue weighted by atomic mass is 10.1. The number of hydrogen-bond acceptors (Lipinski definition) is 7. The summed E-state index contributed by atoms with van der Waals surface area (Å²) in [6, 6.07) is 6.51. The second-order valence-corrected chi connectivity index (χ2v) is 7.09. The molecule has 1 aliphatic rings. The van der Waals surface area contributed by atoms with Crippen molar-refractivity contribution in [3.63, 3.8) is 0 Å². The van der Waals surface area contributed by atoms with E-state index in [1.807, 2.05) is 0 Å². The second kappa shape index (κ2) is 9.58. The predicted molar refractivity (Wildman–Crippen MR) is 107 cm³/mol. The molecule has 0 unspecified atom stereocenters. The minimum Gasteiger partial charge on any atom is -0.491 e. The highest BCUT2D eigenvalue weighted by molar-refractivity contribution is 6.03. The van der Waals surface area contributed by atoms with Crippen LogP contribution in [0.2, 0.25) is 0 Å². The van der Waals surface area contributed by atoms with Crippen LogP contribution in [0.5, 0.6) is 5.75 Å². The lowest BCUT2D eigenvalue weighted by molar-refractivity contribution is 0.0472. The van der Waals surface area contributed by atoms with Crippen LogP contribution in [0.3, 0.4) is 0 Å². The molecule has 1 aliphatic heterocycles. The molecule has 1 aromatic carbocycles. The highest BCUT2D eigenvalue weighted by Crippen LogP contribution is 2.20. The third kappa shape index (κ3) is 4.88. The number of Topliss-reactive ketones (excluding diaryl/α,β-unsaturated/α-hetero) is 1. The van der Waals surface area contributed by atoms with E-state index in [1.54, 1.807) is 38.1 Å². The maximum Gasteiger partial charge on any atom is 0.339 e. The molecule has 0 aliphatic carbocycles. The lowest BCUT2D eigenvalue weighted by Crippen LogP contribution is -2.17. The van der Waals surface area contributed by atoms with Gasteiger partial charge in [-0.15, -0.1) is 0 Å². The summed E-state index contributed by atoms with van der Waals surface area (Å²) in [5.41, 5.74) is 1.83. The van der Waals surface area contributed by atoms with Gasteiger partial charge in [0.15, 0.2) is 6.61 Å². The normalized spacial score (nSPS) is 15.6. The first-order valence-electron chi connectivity index (χ1n) is 9.73. The van der Waals surface area contributed by atoms with Gasteiger partial charge >= 0.3 is 11.9 Å². The fourth-order valence-electron chi connectivity index (χ4n) is 3.38. The van der Waals surface area contributed by atoms with Crippen LogP contribution in [-0.2, 0) is 14.2 Å². The number of carbonyl (C=O) groups is 3. The number of aryl methyl sites for hydroxylation is 1. The van der Waals surface area contributed by atoms with Crippen LogP contribution in [0, 0.1) is 13.8 Å². The number of hydrogen-bond donors (Lipinski definition) is 1. The third-order valence-corrected chi connectivity index (χ3v) is 4.99. The van der Waals surface area contributed by atoms with E-state index in [1.165, 1.54) is 7.11 Å². The van der Waals surface area contributed by atoms with Crippen LogP contribution in [0.1, 0.15) is 55.3 Å². The van der Waals surface area contributed by atoms with Gasteiger partial charge in [-0.2, -0.15) is 0 Å². The number of rotatable bonds is 8. The van der Waals surface area contributed by atoms with Gasteiger partial charge in [0.1, 0.15) is 12.4 Å². The smallest absolute Gasteiger partial charge is 0.339 e. The molecule has 8 heteroatoms. The van der Waals surface area contributed by atoms with Gasteiger partial charge in [0.25, 0.3) is 0 Å². The average molecular weight is 415 g/mol. The van der Waals surface area contributed by atoms with E-state index in [9.17, 15) is 14.4 Å². The Morgan fingerprint density at radius 2 is 1.87 bits per heavy atom. The number of benzene rings is 1. The summed E-state index contributed by atoms with van der Waals surface area (Å²) in [6.07, 6.45) is 2.14. The number of ether oxygens (including phenoxy) is 4. The number of carbonyl (C=O) groups excluding carboxylic acids is 3. The number of H-pyrrole nitrogens is 1. The fourth-order valence-corrected chi connectivity index (χ4v) is 3.38. The van der Waals surface area contributed by atoms with Gasteiger partial charge in [0, 0.05) is 12.3 Å². The van der Waals surface area contributed by atoms with Crippen molar-refractivity contribution in [3.05, 3.63) is 52.3 Å². The molecule has 0 saturated carbocycles. The van der Waals surface area contributed by atoms with Gasteiger partial charge in [0.2, 0.25) is 5.78 Å². The Bertz CT molecular complexity index is 924. The first-order chi connectivity index (χ1) is 14.4. The number of methoxy groups -OCH3 is 1. The Morgan fingerprint density at radius 3 is 2.50 bits per heavy atom. The van der Waals surface area contributed by atoms with Crippen molar-refractivity contribution in [1.82, 2.24) is 4.98 Å². The summed E-state index contributed by atoms with van der Waals surface area (Å²) in [5, 5.41) is 0. The Hall–Kier alpha value is -3.13. The van der Waals surface area contributed by atoms with E-state index in [4.69, 9.17) is 18.9 Å². The van der Waals surface area contributed by atoms with Crippen molar-refractivity contribution < 1.29 is 33.3 Å². The Balaban J connectivity index is 1.55. The van der Waals surface area contributed by atoms with Crippen LogP contribution in [-0.4, -0.2) is 55.7 Å². The van der Waals surface area contributed by atoms with Gasteiger partial charge in [-0.3, -0.25) is 4.79 Å². The van der Waals surface area contributed by atoms with Crippen molar-refractivity contribution in [3.8, 4) is 5.75 Å². The molecule has 3 rings (SSSR count). The van der Waals surface area contributed by atoms with E-state index in [0.717, 1.165) is 19.4 Å². The van der Waals surface area contributed by atoms with Crippen LogP contribution in [0.15, 0.2) is 24.3 Å². The van der Waals surface area contributed by atoms with Crippen molar-refractivity contribution in [1.29, 1.82) is 0 Å². The summed E-state index contributed by atoms with van der Waals surface area (Å²) < 4.78 is 21.0. The van der Waals surface area contributed by atoms with Crippen LogP contribution in [0.25, 0.3) is 0 Å². The van der Waals surface area contributed by atoms with Crippen molar-refractivity contribution in [2.75, 3.05) is 26.9 Å². The summed E-state index contributed by atoms with van der Waals surface area (Å²) >= 11 is 0.